The number of anilines is 2. The van der Waals surface area contributed by atoms with Gasteiger partial charge < -0.3 is 24.6 Å². The highest BCUT2D eigenvalue weighted by Gasteiger charge is 2.22. The Morgan fingerprint density at radius 3 is 2.66 bits per heavy atom. The average Bonchev–Trinajstić information content (AvgIpc) is 3.02. The van der Waals surface area contributed by atoms with Crippen LogP contribution in [0, 0.1) is 6.92 Å². The quantitative estimate of drug-likeness (QED) is 0.675. The topological polar surface area (TPSA) is 84.0 Å². The number of carbonyl (C=O) groups excluding carboxylic acids is 2. The molecule has 8 nitrogen and oxygen atoms in total. The van der Waals surface area contributed by atoms with Gasteiger partial charge in [-0.25, -0.2) is 14.6 Å². The van der Waals surface area contributed by atoms with Gasteiger partial charge in [-0.3, -0.25) is 0 Å². The van der Waals surface area contributed by atoms with Gasteiger partial charge in [0, 0.05) is 32.4 Å². The van der Waals surface area contributed by atoms with Crippen LogP contribution in [0.15, 0.2) is 36.5 Å². The van der Waals surface area contributed by atoms with Crippen molar-refractivity contribution in [3.63, 3.8) is 0 Å². The summed E-state index contributed by atoms with van der Waals surface area (Å²) in [5.41, 5.74) is 1.24. The number of carbonyl (C=O) groups is 2. The molecule has 1 saturated heterocycles. The van der Waals surface area contributed by atoms with Gasteiger partial charge in [0.1, 0.15) is 11.6 Å². The van der Waals surface area contributed by atoms with Gasteiger partial charge in [0.15, 0.2) is 0 Å². The van der Waals surface area contributed by atoms with Gasteiger partial charge in [-0.1, -0.05) is 12.1 Å². The number of ether oxygens (including phenoxy) is 2. The van der Waals surface area contributed by atoms with Crippen molar-refractivity contribution < 1.29 is 27.8 Å². The summed E-state index contributed by atoms with van der Waals surface area (Å²) in [5, 5.41) is 2.71. The highest BCUT2D eigenvalue weighted by Crippen LogP contribution is 2.30. The smallest absolute Gasteiger partial charge is 0.387 e. The summed E-state index contributed by atoms with van der Waals surface area (Å²) in [5.74, 6) is 0.208. The number of urea groups is 1. The number of aryl methyl sites for hydroxylation is 1. The third-order valence-electron chi connectivity index (χ3n) is 5.05. The van der Waals surface area contributed by atoms with E-state index in [1.54, 1.807) is 43.0 Å². The monoisotopic (exact) mass is 448 g/mol. The number of hydrogen-bond donors (Lipinski definition) is 1. The highest BCUT2D eigenvalue weighted by molar-refractivity contribution is 5.92. The normalized spacial score (nSPS) is 14.2. The Labute approximate surface area is 185 Å². The number of para-hydroxylation sites is 1. The molecule has 0 aliphatic carbocycles. The number of benzene rings is 1. The van der Waals surface area contributed by atoms with Crippen LogP contribution in [0.5, 0.6) is 5.75 Å². The van der Waals surface area contributed by atoms with Crippen LogP contribution < -0.4 is 15.0 Å². The molecule has 1 aromatic carbocycles. The predicted octanol–water partition coefficient (Wildman–Crippen LogP) is 3.91. The van der Waals surface area contributed by atoms with Crippen LogP contribution in [0.2, 0.25) is 0 Å². The molecule has 10 heteroatoms. The van der Waals surface area contributed by atoms with E-state index in [0.29, 0.717) is 56.2 Å². The molecule has 172 valence electrons. The molecular weight excluding hydrogens is 422 g/mol. The van der Waals surface area contributed by atoms with E-state index in [9.17, 15) is 18.4 Å². The van der Waals surface area contributed by atoms with Crippen LogP contribution in [-0.4, -0.2) is 61.3 Å². The summed E-state index contributed by atoms with van der Waals surface area (Å²) in [7, 11) is 0. The zero-order valence-corrected chi connectivity index (χ0v) is 18.0. The van der Waals surface area contributed by atoms with Gasteiger partial charge in [0.2, 0.25) is 0 Å². The fourth-order valence-corrected chi connectivity index (χ4v) is 3.44. The zero-order chi connectivity index (χ0) is 23.1. The first-order valence-electron chi connectivity index (χ1n) is 10.4. The summed E-state index contributed by atoms with van der Waals surface area (Å²) < 4.78 is 34.9. The molecule has 1 aromatic heterocycles. The number of esters is 1. The van der Waals surface area contributed by atoms with Crippen molar-refractivity contribution in [3.05, 3.63) is 47.7 Å². The van der Waals surface area contributed by atoms with Crippen LogP contribution >= 0.6 is 0 Å². The van der Waals surface area contributed by atoms with Gasteiger partial charge in [0.25, 0.3) is 0 Å². The van der Waals surface area contributed by atoms with Crippen LogP contribution in [-0.2, 0) is 4.74 Å². The van der Waals surface area contributed by atoms with Gasteiger partial charge in [-0.05, 0) is 44.0 Å². The van der Waals surface area contributed by atoms with Crippen LogP contribution in [0.3, 0.4) is 0 Å². The Morgan fingerprint density at radius 2 is 1.97 bits per heavy atom. The lowest BCUT2D eigenvalue weighted by Crippen LogP contribution is -2.38. The Hall–Kier alpha value is -3.43. The molecule has 0 spiro atoms. The molecule has 1 N–H and O–H groups in total. The summed E-state index contributed by atoms with van der Waals surface area (Å²) in [6, 6.07) is 7.73. The van der Waals surface area contributed by atoms with Crippen LogP contribution in [0.25, 0.3) is 0 Å². The average molecular weight is 448 g/mol. The zero-order valence-electron chi connectivity index (χ0n) is 18.0. The second-order valence-electron chi connectivity index (χ2n) is 7.21. The number of alkyl halides is 2. The molecule has 32 heavy (non-hydrogen) atoms. The van der Waals surface area contributed by atoms with E-state index in [1.165, 1.54) is 12.3 Å². The Morgan fingerprint density at radius 1 is 1.16 bits per heavy atom. The van der Waals surface area contributed by atoms with Crippen molar-refractivity contribution in [1.82, 2.24) is 9.88 Å². The third-order valence-corrected chi connectivity index (χ3v) is 5.05. The SMILES string of the molecule is CCOC(=O)c1ccc(N2CCCN(C(=O)Nc3c(C)cccc3OC(F)F)CC2)nc1. The number of pyridine rings is 1. The molecule has 0 saturated carbocycles. The van der Waals surface area contributed by atoms with Gasteiger partial charge in [-0.15, -0.1) is 0 Å². The molecule has 1 aliphatic rings. The second-order valence-corrected chi connectivity index (χ2v) is 7.21. The molecule has 0 atom stereocenters. The molecule has 2 amide bonds. The van der Waals surface area contributed by atoms with Crippen molar-refractivity contribution in [1.29, 1.82) is 0 Å². The minimum Gasteiger partial charge on any atom is -0.462 e. The molecule has 0 radical (unpaired) electrons. The van der Waals surface area contributed by atoms with Gasteiger partial charge >= 0.3 is 18.6 Å². The van der Waals surface area contributed by atoms with E-state index in [2.05, 4.69) is 15.0 Å². The molecule has 0 unspecified atom stereocenters. The van der Waals surface area contributed by atoms with E-state index < -0.39 is 12.6 Å². The standard InChI is InChI=1S/C22H26F2N4O4/c1-3-31-20(29)16-8-9-18(25-14-16)27-10-5-11-28(13-12-27)22(30)26-19-15(2)6-4-7-17(19)32-21(23)24/h4,6-9,14,21H,3,5,10-13H2,1-2H3,(H,26,30). The minimum atomic E-state index is -2.98. The Kier molecular flexibility index (Phi) is 7.80. The maximum absolute atomic E-state index is 12.8. The molecular formula is C22H26F2N4O4. The number of nitrogens with one attached hydrogen (secondary N) is 1. The molecule has 3 rings (SSSR count). The largest absolute Gasteiger partial charge is 0.462 e. The number of rotatable bonds is 6. The molecule has 2 aromatic rings. The summed E-state index contributed by atoms with van der Waals surface area (Å²) >= 11 is 0. The summed E-state index contributed by atoms with van der Waals surface area (Å²) in [6.45, 7) is 2.90. The molecule has 1 fully saturated rings. The first-order chi connectivity index (χ1) is 15.4. The maximum Gasteiger partial charge on any atom is 0.387 e. The lowest BCUT2D eigenvalue weighted by molar-refractivity contribution is -0.0493. The molecule has 1 aliphatic heterocycles. The first-order valence-corrected chi connectivity index (χ1v) is 10.4. The Bertz CT molecular complexity index is 940. The van der Waals surface area contributed by atoms with E-state index in [0.717, 1.165) is 0 Å². The minimum absolute atomic E-state index is 0.0734. The fraction of sp³-hybridized carbons (Fsp3) is 0.409. The van der Waals surface area contributed by atoms with Crippen molar-refractivity contribution in [2.75, 3.05) is 43.0 Å². The van der Waals surface area contributed by atoms with Crippen molar-refractivity contribution >= 4 is 23.5 Å². The summed E-state index contributed by atoms with van der Waals surface area (Å²) in [4.78, 5) is 32.6. The number of amides is 2. The van der Waals surface area contributed by atoms with Crippen molar-refractivity contribution in [2.45, 2.75) is 26.9 Å². The fourth-order valence-electron chi connectivity index (χ4n) is 3.44. The third kappa shape index (κ3) is 5.83. The predicted molar refractivity (Wildman–Crippen MR) is 115 cm³/mol. The van der Waals surface area contributed by atoms with Gasteiger partial charge in [0.05, 0.1) is 17.9 Å². The summed E-state index contributed by atoms with van der Waals surface area (Å²) in [6.07, 6.45) is 2.17. The highest BCUT2D eigenvalue weighted by atomic mass is 19.3. The lowest BCUT2D eigenvalue weighted by Gasteiger charge is -2.24. The second kappa shape index (κ2) is 10.7. The number of aromatic nitrogens is 1. The number of hydrogen-bond acceptors (Lipinski definition) is 6. The maximum atomic E-state index is 12.8. The van der Waals surface area contributed by atoms with E-state index >= 15 is 0 Å². The van der Waals surface area contributed by atoms with E-state index in [-0.39, 0.29) is 17.5 Å². The van der Waals surface area contributed by atoms with Crippen LogP contribution in [0.1, 0.15) is 29.3 Å². The Balaban J connectivity index is 1.63. The van der Waals surface area contributed by atoms with Crippen molar-refractivity contribution in [2.24, 2.45) is 0 Å². The first kappa shape index (κ1) is 23.2. The molecule has 0 bridgehead atoms. The van der Waals surface area contributed by atoms with Crippen LogP contribution in [0.4, 0.5) is 25.1 Å². The molecule has 2 heterocycles. The van der Waals surface area contributed by atoms with Gasteiger partial charge in [-0.2, -0.15) is 8.78 Å². The van der Waals surface area contributed by atoms with Crippen molar-refractivity contribution in [3.8, 4) is 5.75 Å². The lowest BCUT2D eigenvalue weighted by atomic mass is 10.2. The van der Waals surface area contributed by atoms with E-state index in [1.807, 2.05) is 4.90 Å². The van der Waals surface area contributed by atoms with E-state index in [4.69, 9.17) is 4.74 Å². The number of halogens is 2. The number of nitrogens with zero attached hydrogens (tertiary/aromatic N) is 3.